The van der Waals surface area contributed by atoms with Gasteiger partial charge in [-0.1, -0.05) is 37.4 Å². The second kappa shape index (κ2) is 12.1. The highest BCUT2D eigenvalue weighted by Crippen LogP contribution is 2.10. The monoisotopic (exact) mass is 330 g/mol. The molecule has 1 aromatic rings. The van der Waals surface area contributed by atoms with E-state index in [0.717, 1.165) is 38.5 Å². The van der Waals surface area contributed by atoms with Crippen molar-refractivity contribution in [2.75, 3.05) is 13.2 Å². The number of unbranched alkanes of at least 4 members (excludes halogenated alkanes) is 2. The standard InChI is InChI=1S/C20H26O4/c1-3-19(21)23-15-7-5-9-17-11-13-18(14-12-17)10-6-8-16-24-20(22)4-2/h3-4,11-14H,1-2,5-10,15-16H2. The third-order valence-corrected chi connectivity index (χ3v) is 3.56. The van der Waals surface area contributed by atoms with Crippen LogP contribution >= 0.6 is 0 Å². The van der Waals surface area contributed by atoms with Crippen LogP contribution in [0.5, 0.6) is 0 Å². The lowest BCUT2D eigenvalue weighted by Crippen LogP contribution is -2.02. The van der Waals surface area contributed by atoms with E-state index in [4.69, 9.17) is 9.47 Å². The van der Waals surface area contributed by atoms with Crippen molar-refractivity contribution < 1.29 is 19.1 Å². The molecular weight excluding hydrogens is 304 g/mol. The lowest BCUT2D eigenvalue weighted by atomic mass is 10.0. The zero-order valence-corrected chi connectivity index (χ0v) is 14.2. The fourth-order valence-electron chi connectivity index (χ4n) is 2.20. The molecule has 24 heavy (non-hydrogen) atoms. The van der Waals surface area contributed by atoms with Crippen molar-refractivity contribution in [3.63, 3.8) is 0 Å². The number of benzene rings is 1. The van der Waals surface area contributed by atoms with Gasteiger partial charge in [0.05, 0.1) is 13.2 Å². The van der Waals surface area contributed by atoms with Crippen LogP contribution in [0.1, 0.15) is 36.8 Å². The SMILES string of the molecule is C=CC(=O)OCCCCc1ccc(CCCCOC(=O)C=C)cc1. The van der Waals surface area contributed by atoms with Gasteiger partial charge >= 0.3 is 11.9 Å². The molecule has 0 radical (unpaired) electrons. The van der Waals surface area contributed by atoms with Gasteiger partial charge in [-0.3, -0.25) is 0 Å². The minimum atomic E-state index is -0.362. The molecule has 0 amide bonds. The molecule has 0 aliphatic carbocycles. The summed E-state index contributed by atoms with van der Waals surface area (Å²) in [4.78, 5) is 21.8. The molecule has 0 aliphatic rings. The molecule has 0 aliphatic heterocycles. The first-order valence-electron chi connectivity index (χ1n) is 8.32. The normalized spacial score (nSPS) is 10.0. The highest BCUT2D eigenvalue weighted by molar-refractivity contribution is 5.81. The molecule has 0 aromatic heterocycles. The van der Waals surface area contributed by atoms with Crippen LogP contribution in [0.25, 0.3) is 0 Å². The van der Waals surface area contributed by atoms with Crippen LogP contribution in [0.2, 0.25) is 0 Å². The van der Waals surface area contributed by atoms with E-state index >= 15 is 0 Å². The van der Waals surface area contributed by atoms with Crippen molar-refractivity contribution in [1.82, 2.24) is 0 Å². The van der Waals surface area contributed by atoms with Gasteiger partial charge in [0.2, 0.25) is 0 Å². The van der Waals surface area contributed by atoms with Crippen molar-refractivity contribution >= 4 is 11.9 Å². The maximum Gasteiger partial charge on any atom is 0.330 e. The van der Waals surface area contributed by atoms with E-state index in [-0.39, 0.29) is 11.9 Å². The molecule has 0 atom stereocenters. The highest BCUT2D eigenvalue weighted by atomic mass is 16.5. The Labute approximate surface area is 144 Å². The Bertz CT molecular complexity index is 482. The maximum absolute atomic E-state index is 10.9. The van der Waals surface area contributed by atoms with Gasteiger partial charge < -0.3 is 9.47 Å². The van der Waals surface area contributed by atoms with Gasteiger partial charge in [-0.05, 0) is 49.7 Å². The molecule has 130 valence electrons. The van der Waals surface area contributed by atoms with E-state index in [1.807, 2.05) is 0 Å². The summed E-state index contributed by atoms with van der Waals surface area (Å²) in [5.74, 6) is -0.725. The predicted octanol–water partition coefficient (Wildman–Crippen LogP) is 3.79. The first-order valence-corrected chi connectivity index (χ1v) is 8.32. The van der Waals surface area contributed by atoms with E-state index in [2.05, 4.69) is 37.4 Å². The van der Waals surface area contributed by atoms with Crippen LogP contribution in [0.15, 0.2) is 49.6 Å². The Hall–Kier alpha value is -2.36. The third kappa shape index (κ3) is 8.93. The van der Waals surface area contributed by atoms with Gasteiger partial charge in [-0.25, -0.2) is 9.59 Å². The Kier molecular flexibility index (Phi) is 9.93. The quantitative estimate of drug-likeness (QED) is 0.332. The predicted molar refractivity (Wildman–Crippen MR) is 94.6 cm³/mol. The van der Waals surface area contributed by atoms with Crippen LogP contribution in [-0.2, 0) is 31.9 Å². The highest BCUT2D eigenvalue weighted by Gasteiger charge is 1.99. The van der Waals surface area contributed by atoms with Gasteiger partial charge in [-0.15, -0.1) is 0 Å². The summed E-state index contributed by atoms with van der Waals surface area (Å²) in [6.07, 6.45) is 7.99. The van der Waals surface area contributed by atoms with E-state index in [1.54, 1.807) is 0 Å². The molecule has 0 bridgehead atoms. The summed E-state index contributed by atoms with van der Waals surface area (Å²) in [5, 5.41) is 0. The number of esters is 2. The van der Waals surface area contributed by atoms with E-state index in [1.165, 1.54) is 23.3 Å². The number of carbonyl (C=O) groups is 2. The Morgan fingerprint density at radius 1 is 0.750 bits per heavy atom. The van der Waals surface area contributed by atoms with Crippen LogP contribution in [0.4, 0.5) is 0 Å². The molecule has 0 unspecified atom stereocenters. The number of aryl methyl sites for hydroxylation is 2. The molecule has 0 N–H and O–H groups in total. The van der Waals surface area contributed by atoms with E-state index in [0.29, 0.717) is 13.2 Å². The van der Waals surface area contributed by atoms with Gasteiger partial charge in [0.25, 0.3) is 0 Å². The molecule has 0 fully saturated rings. The molecular formula is C20H26O4. The zero-order valence-electron chi connectivity index (χ0n) is 14.2. The summed E-state index contributed by atoms with van der Waals surface area (Å²) in [6, 6.07) is 8.57. The largest absolute Gasteiger partial charge is 0.463 e. The van der Waals surface area contributed by atoms with Crippen molar-refractivity contribution in [3.05, 3.63) is 60.7 Å². The Morgan fingerprint density at radius 3 is 1.46 bits per heavy atom. The van der Waals surface area contributed by atoms with Crippen LogP contribution in [-0.4, -0.2) is 25.2 Å². The zero-order chi connectivity index (χ0) is 17.6. The number of hydrogen-bond donors (Lipinski definition) is 0. The smallest absolute Gasteiger partial charge is 0.330 e. The second-order valence-electron chi connectivity index (χ2n) is 5.47. The fraction of sp³-hybridized carbons (Fsp3) is 0.400. The lowest BCUT2D eigenvalue weighted by Gasteiger charge is -2.05. The molecule has 1 aromatic carbocycles. The van der Waals surface area contributed by atoms with Crippen LogP contribution < -0.4 is 0 Å². The number of hydrogen-bond acceptors (Lipinski definition) is 4. The first kappa shape index (κ1) is 19.7. The average Bonchev–Trinajstić information content (AvgIpc) is 2.61. The molecule has 0 saturated heterocycles. The first-order chi connectivity index (χ1) is 11.7. The van der Waals surface area contributed by atoms with Crippen LogP contribution in [0, 0.1) is 0 Å². The van der Waals surface area contributed by atoms with E-state index < -0.39 is 0 Å². The molecule has 1 rings (SSSR count). The number of carbonyl (C=O) groups excluding carboxylic acids is 2. The molecule has 4 heteroatoms. The molecule has 0 heterocycles. The Balaban J connectivity index is 2.14. The number of ether oxygens (including phenoxy) is 2. The summed E-state index contributed by atoms with van der Waals surface area (Å²) >= 11 is 0. The molecule has 4 nitrogen and oxygen atoms in total. The van der Waals surface area contributed by atoms with Crippen molar-refractivity contribution in [3.8, 4) is 0 Å². The van der Waals surface area contributed by atoms with Gasteiger partial charge in [0, 0.05) is 12.2 Å². The second-order valence-corrected chi connectivity index (χ2v) is 5.47. The average molecular weight is 330 g/mol. The van der Waals surface area contributed by atoms with Gasteiger partial charge in [-0.2, -0.15) is 0 Å². The van der Waals surface area contributed by atoms with Gasteiger partial charge in [0.15, 0.2) is 0 Å². The minimum absolute atomic E-state index is 0.362. The summed E-state index contributed by atoms with van der Waals surface area (Å²) in [6.45, 7) is 7.60. The van der Waals surface area contributed by atoms with Crippen molar-refractivity contribution in [2.45, 2.75) is 38.5 Å². The van der Waals surface area contributed by atoms with Crippen molar-refractivity contribution in [1.29, 1.82) is 0 Å². The molecule has 0 spiro atoms. The van der Waals surface area contributed by atoms with Gasteiger partial charge in [0.1, 0.15) is 0 Å². The van der Waals surface area contributed by atoms with Crippen LogP contribution in [0.3, 0.4) is 0 Å². The van der Waals surface area contributed by atoms with E-state index in [9.17, 15) is 9.59 Å². The topological polar surface area (TPSA) is 52.6 Å². The third-order valence-electron chi connectivity index (χ3n) is 3.56. The fourth-order valence-corrected chi connectivity index (χ4v) is 2.20. The molecule has 0 saturated carbocycles. The van der Waals surface area contributed by atoms with Crippen molar-refractivity contribution in [2.24, 2.45) is 0 Å². The maximum atomic E-state index is 10.9. The summed E-state index contributed by atoms with van der Waals surface area (Å²) < 4.78 is 9.88. The Morgan fingerprint density at radius 2 is 1.12 bits per heavy atom. The lowest BCUT2D eigenvalue weighted by molar-refractivity contribution is -0.138. The number of rotatable bonds is 12. The minimum Gasteiger partial charge on any atom is -0.463 e. The summed E-state index contributed by atoms with van der Waals surface area (Å²) in [7, 11) is 0. The summed E-state index contributed by atoms with van der Waals surface area (Å²) in [5.41, 5.74) is 2.57.